The predicted molar refractivity (Wildman–Crippen MR) is 99.9 cm³/mol. The third-order valence-corrected chi connectivity index (χ3v) is 5.64. The van der Waals surface area contributed by atoms with E-state index < -0.39 is 6.10 Å². The highest BCUT2D eigenvalue weighted by molar-refractivity contribution is 5.61. The summed E-state index contributed by atoms with van der Waals surface area (Å²) >= 11 is 0. The van der Waals surface area contributed by atoms with Gasteiger partial charge in [-0.05, 0) is 29.3 Å². The Balaban J connectivity index is 1.67. The molecule has 0 aromatic heterocycles. The second kappa shape index (κ2) is 7.29. The Bertz CT molecular complexity index is 820. The molecule has 0 radical (unpaired) electrons. The largest absolute Gasteiger partial charge is 0.497 e. The van der Waals surface area contributed by atoms with Crippen molar-refractivity contribution in [2.75, 3.05) is 34.6 Å². The first-order valence-corrected chi connectivity index (χ1v) is 9.26. The van der Waals surface area contributed by atoms with E-state index in [1.165, 1.54) is 10.5 Å². The summed E-state index contributed by atoms with van der Waals surface area (Å²) in [5, 5.41) is 10.9. The van der Waals surface area contributed by atoms with Crippen LogP contribution in [0.15, 0.2) is 30.3 Å². The van der Waals surface area contributed by atoms with Gasteiger partial charge in [0, 0.05) is 12.8 Å². The molecular weight excluding hydrogens is 346 g/mol. The maximum Gasteiger partial charge on any atom is 0.231 e. The lowest BCUT2D eigenvalue weighted by Gasteiger charge is -2.34. The smallest absolute Gasteiger partial charge is 0.231 e. The van der Waals surface area contributed by atoms with Gasteiger partial charge in [-0.15, -0.1) is 0 Å². The highest BCUT2D eigenvalue weighted by Gasteiger charge is 2.37. The highest BCUT2D eigenvalue weighted by Crippen LogP contribution is 2.48. The number of methoxy groups -OCH3 is 2. The first kappa shape index (κ1) is 17.9. The number of aliphatic hydroxyl groups is 1. The maximum absolute atomic E-state index is 10.9. The fraction of sp³-hybridized carbons (Fsp3) is 0.429. The molecule has 0 saturated heterocycles. The molecule has 0 amide bonds. The topological polar surface area (TPSA) is 61.6 Å². The van der Waals surface area contributed by atoms with Gasteiger partial charge >= 0.3 is 0 Å². The van der Waals surface area contributed by atoms with Gasteiger partial charge in [-0.1, -0.05) is 12.1 Å². The normalized spacial score (nSPS) is 21.5. The summed E-state index contributed by atoms with van der Waals surface area (Å²) in [6.45, 7) is 1.21. The molecule has 0 spiro atoms. The standard InChI is InChI=1S/C21H25NO5/c1-22-9-8-14-10-18-20(27-12-26-18)21(25-3)19(14)16(22)11-17(23)13-4-6-15(24-2)7-5-13/h4-7,10,16-17,23H,8-9,11-12H2,1-3H3/p+1/t16-,17-/m0/s1. The molecule has 1 unspecified atom stereocenters. The minimum Gasteiger partial charge on any atom is -0.497 e. The van der Waals surface area contributed by atoms with Crippen LogP contribution < -0.4 is 23.8 Å². The number of rotatable bonds is 5. The Morgan fingerprint density at radius 3 is 2.67 bits per heavy atom. The van der Waals surface area contributed by atoms with Crippen molar-refractivity contribution in [3.05, 3.63) is 47.0 Å². The van der Waals surface area contributed by atoms with Gasteiger partial charge in [0.2, 0.25) is 12.5 Å². The Labute approximate surface area is 159 Å². The molecule has 27 heavy (non-hydrogen) atoms. The Hall–Kier alpha value is -2.44. The molecule has 3 atom stereocenters. The van der Waals surface area contributed by atoms with Gasteiger partial charge in [0.05, 0.1) is 39.5 Å². The number of nitrogens with one attached hydrogen (secondary N) is 1. The number of ether oxygens (including phenoxy) is 4. The molecule has 6 heteroatoms. The van der Waals surface area contributed by atoms with Crippen molar-refractivity contribution in [1.82, 2.24) is 0 Å². The zero-order chi connectivity index (χ0) is 19.0. The quantitative estimate of drug-likeness (QED) is 0.836. The van der Waals surface area contributed by atoms with Crippen molar-refractivity contribution in [3.63, 3.8) is 0 Å². The molecule has 0 aliphatic carbocycles. The van der Waals surface area contributed by atoms with Gasteiger partial charge in [-0.2, -0.15) is 0 Å². The van der Waals surface area contributed by atoms with E-state index in [0.717, 1.165) is 41.3 Å². The third kappa shape index (κ3) is 3.19. The minimum absolute atomic E-state index is 0.107. The molecule has 144 valence electrons. The summed E-state index contributed by atoms with van der Waals surface area (Å²) in [5.41, 5.74) is 3.22. The van der Waals surface area contributed by atoms with E-state index in [4.69, 9.17) is 18.9 Å². The minimum atomic E-state index is -0.572. The first-order valence-electron chi connectivity index (χ1n) is 9.26. The van der Waals surface area contributed by atoms with Crippen LogP contribution in [-0.2, 0) is 6.42 Å². The van der Waals surface area contributed by atoms with E-state index in [1.54, 1.807) is 14.2 Å². The zero-order valence-corrected chi connectivity index (χ0v) is 16.0. The number of likely N-dealkylation sites (N-methyl/N-ethyl adjacent to an activating group) is 1. The molecule has 2 aliphatic rings. The third-order valence-electron chi connectivity index (χ3n) is 5.64. The second-order valence-electron chi connectivity index (χ2n) is 7.14. The van der Waals surface area contributed by atoms with Crippen LogP contribution in [0.4, 0.5) is 0 Å². The molecule has 0 bridgehead atoms. The van der Waals surface area contributed by atoms with Crippen molar-refractivity contribution in [2.24, 2.45) is 0 Å². The second-order valence-corrected chi connectivity index (χ2v) is 7.14. The van der Waals surface area contributed by atoms with E-state index in [-0.39, 0.29) is 12.8 Å². The monoisotopic (exact) mass is 372 g/mol. The fourth-order valence-corrected chi connectivity index (χ4v) is 4.13. The predicted octanol–water partition coefficient (Wildman–Crippen LogP) is 1.67. The molecule has 6 nitrogen and oxygen atoms in total. The van der Waals surface area contributed by atoms with Gasteiger partial charge < -0.3 is 29.0 Å². The molecule has 2 aromatic carbocycles. The molecule has 4 rings (SSSR count). The molecule has 0 saturated carbocycles. The van der Waals surface area contributed by atoms with Crippen LogP contribution in [-0.4, -0.2) is 39.7 Å². The first-order chi connectivity index (χ1) is 13.1. The van der Waals surface area contributed by atoms with Crippen molar-refractivity contribution >= 4 is 0 Å². The van der Waals surface area contributed by atoms with E-state index in [9.17, 15) is 5.11 Å². The Kier molecular flexibility index (Phi) is 4.85. The molecule has 2 aromatic rings. The maximum atomic E-state index is 10.9. The van der Waals surface area contributed by atoms with Crippen molar-refractivity contribution < 1.29 is 29.0 Å². The summed E-state index contributed by atoms with van der Waals surface area (Å²) in [6.07, 6.45) is 0.974. The Morgan fingerprint density at radius 1 is 1.19 bits per heavy atom. The van der Waals surface area contributed by atoms with Crippen molar-refractivity contribution in [2.45, 2.75) is 25.0 Å². The van der Waals surface area contributed by atoms with Crippen molar-refractivity contribution in [1.29, 1.82) is 0 Å². The average Bonchev–Trinajstić information content (AvgIpc) is 3.16. The molecule has 0 fully saturated rings. The summed E-state index contributed by atoms with van der Waals surface area (Å²) in [5.74, 6) is 2.95. The van der Waals surface area contributed by atoms with Gasteiger partial charge in [-0.25, -0.2) is 0 Å². The van der Waals surface area contributed by atoms with Crippen LogP contribution in [0.2, 0.25) is 0 Å². The van der Waals surface area contributed by atoms with Gasteiger partial charge in [0.1, 0.15) is 11.8 Å². The van der Waals surface area contributed by atoms with Gasteiger partial charge in [-0.3, -0.25) is 0 Å². The van der Waals surface area contributed by atoms with Crippen molar-refractivity contribution in [3.8, 4) is 23.0 Å². The molecule has 2 aliphatic heterocycles. The lowest BCUT2D eigenvalue weighted by atomic mass is 9.87. The number of benzene rings is 2. The van der Waals surface area contributed by atoms with Gasteiger partial charge in [0.15, 0.2) is 11.5 Å². The lowest BCUT2D eigenvalue weighted by Crippen LogP contribution is -3.10. The zero-order valence-electron chi connectivity index (χ0n) is 16.0. The molecule has 2 heterocycles. The summed E-state index contributed by atoms with van der Waals surface area (Å²) in [7, 11) is 5.47. The summed E-state index contributed by atoms with van der Waals surface area (Å²) < 4.78 is 22.2. The SMILES string of the molecule is COc1ccc([C@@H](O)C[C@H]2c3c(cc4c(c3OC)OCO4)CC[NH+]2C)cc1. The number of aliphatic hydroxyl groups excluding tert-OH is 1. The average molecular weight is 372 g/mol. The molecular formula is C21H26NO5+. The fourth-order valence-electron chi connectivity index (χ4n) is 4.13. The Morgan fingerprint density at radius 2 is 1.96 bits per heavy atom. The van der Waals surface area contributed by atoms with Crippen LogP contribution in [0, 0.1) is 0 Å². The van der Waals surface area contributed by atoms with Gasteiger partial charge in [0.25, 0.3) is 0 Å². The number of fused-ring (bicyclic) bond motifs is 2. The van der Waals surface area contributed by atoms with E-state index in [2.05, 4.69) is 13.1 Å². The van der Waals surface area contributed by atoms with E-state index >= 15 is 0 Å². The van der Waals surface area contributed by atoms with E-state index in [0.29, 0.717) is 12.2 Å². The van der Waals surface area contributed by atoms with Crippen LogP contribution >= 0.6 is 0 Å². The van der Waals surface area contributed by atoms with Crippen LogP contribution in [0.1, 0.15) is 35.3 Å². The summed E-state index contributed by atoms with van der Waals surface area (Å²) in [6, 6.07) is 9.76. The van der Waals surface area contributed by atoms with Crippen LogP contribution in [0.25, 0.3) is 0 Å². The lowest BCUT2D eigenvalue weighted by molar-refractivity contribution is -0.915. The number of quaternary nitrogens is 1. The van der Waals surface area contributed by atoms with Crippen LogP contribution in [0.3, 0.4) is 0 Å². The number of hydrogen-bond acceptors (Lipinski definition) is 5. The highest BCUT2D eigenvalue weighted by atomic mass is 16.7. The summed E-state index contributed by atoms with van der Waals surface area (Å²) in [4.78, 5) is 1.35. The molecule has 2 N–H and O–H groups in total. The number of hydrogen-bond donors (Lipinski definition) is 2. The van der Waals surface area contributed by atoms with E-state index in [1.807, 2.05) is 24.3 Å². The van der Waals surface area contributed by atoms with Crippen LogP contribution in [0.5, 0.6) is 23.0 Å².